The number of ether oxygens (including phenoxy) is 1. The highest BCUT2D eigenvalue weighted by molar-refractivity contribution is 5.42. The molecule has 0 aliphatic carbocycles. The maximum Gasteiger partial charge on any atom is 0.273 e. The van der Waals surface area contributed by atoms with Gasteiger partial charge < -0.3 is 10.1 Å². The topological polar surface area (TPSA) is 95.1 Å². The van der Waals surface area contributed by atoms with Gasteiger partial charge >= 0.3 is 0 Å². The molecule has 1 aromatic heterocycles. The number of benzene rings is 1. The van der Waals surface area contributed by atoms with Gasteiger partial charge in [-0.3, -0.25) is 10.1 Å². The predicted octanol–water partition coefficient (Wildman–Crippen LogP) is 1.35. The first-order valence-electron chi connectivity index (χ1n) is 6.54. The molecule has 0 radical (unpaired) electrons. The van der Waals surface area contributed by atoms with Crippen molar-refractivity contribution in [2.75, 3.05) is 13.7 Å². The lowest BCUT2D eigenvalue weighted by molar-refractivity contribution is -0.385. The zero-order chi connectivity index (χ0) is 15.2. The van der Waals surface area contributed by atoms with Crippen molar-refractivity contribution in [3.8, 4) is 5.75 Å². The van der Waals surface area contributed by atoms with E-state index in [0.29, 0.717) is 18.8 Å². The Hall–Kier alpha value is -2.48. The minimum absolute atomic E-state index is 0.00246. The van der Waals surface area contributed by atoms with Crippen LogP contribution in [0.2, 0.25) is 0 Å². The Labute approximate surface area is 121 Å². The van der Waals surface area contributed by atoms with Gasteiger partial charge in [-0.15, -0.1) is 5.10 Å². The van der Waals surface area contributed by atoms with Gasteiger partial charge in [-0.1, -0.05) is 12.1 Å². The molecule has 0 atom stereocenters. The molecule has 2 aromatic rings. The molecule has 8 heteroatoms. The third-order valence-electron chi connectivity index (χ3n) is 2.88. The second-order valence-corrected chi connectivity index (χ2v) is 4.48. The maximum atomic E-state index is 10.9. The largest absolute Gasteiger partial charge is 0.496 e. The second-order valence-electron chi connectivity index (χ2n) is 4.48. The average Bonchev–Trinajstić information content (AvgIpc) is 2.92. The van der Waals surface area contributed by atoms with E-state index < -0.39 is 4.92 Å². The van der Waals surface area contributed by atoms with E-state index in [4.69, 9.17) is 4.74 Å². The number of non-ortho nitro benzene ring substituents is 1. The summed E-state index contributed by atoms with van der Waals surface area (Å²) in [7, 11) is 1.48. The molecular weight excluding hydrogens is 274 g/mol. The summed E-state index contributed by atoms with van der Waals surface area (Å²) in [6.07, 6.45) is 1.81. The van der Waals surface area contributed by atoms with Gasteiger partial charge in [0.15, 0.2) is 0 Å². The zero-order valence-corrected chi connectivity index (χ0v) is 11.9. The first-order chi connectivity index (χ1) is 10.1. The van der Waals surface area contributed by atoms with E-state index in [1.807, 2.05) is 13.1 Å². The lowest BCUT2D eigenvalue weighted by atomic mass is 10.2. The molecule has 1 aromatic carbocycles. The number of nitro benzene ring substituents is 1. The summed E-state index contributed by atoms with van der Waals surface area (Å²) in [5, 5.41) is 22.1. The first-order valence-corrected chi connectivity index (χ1v) is 6.54. The predicted molar refractivity (Wildman–Crippen MR) is 76.2 cm³/mol. The number of nitrogens with zero attached hydrogens (tertiary/aromatic N) is 4. The molecule has 1 N–H and O–H groups in total. The molecule has 1 heterocycles. The molecule has 112 valence electrons. The average molecular weight is 291 g/mol. The summed E-state index contributed by atoms with van der Waals surface area (Å²) >= 11 is 0. The third-order valence-corrected chi connectivity index (χ3v) is 2.88. The fourth-order valence-electron chi connectivity index (χ4n) is 1.89. The zero-order valence-electron chi connectivity index (χ0n) is 11.9. The van der Waals surface area contributed by atoms with Crippen LogP contribution < -0.4 is 10.1 Å². The summed E-state index contributed by atoms with van der Waals surface area (Å²) in [4.78, 5) is 10.5. The highest BCUT2D eigenvalue weighted by Gasteiger charge is 2.11. The molecule has 21 heavy (non-hydrogen) atoms. The molecule has 0 aliphatic rings. The van der Waals surface area contributed by atoms with Gasteiger partial charge in [-0.05, 0) is 18.2 Å². The van der Waals surface area contributed by atoms with Crippen LogP contribution in [0.5, 0.6) is 5.75 Å². The summed E-state index contributed by atoms with van der Waals surface area (Å²) in [6.45, 7) is 3.92. The van der Waals surface area contributed by atoms with Crippen molar-refractivity contribution in [1.82, 2.24) is 20.3 Å². The van der Waals surface area contributed by atoms with Gasteiger partial charge in [0.2, 0.25) is 0 Å². The van der Waals surface area contributed by atoms with Crippen LogP contribution in [0.25, 0.3) is 0 Å². The minimum Gasteiger partial charge on any atom is -0.496 e. The highest BCUT2D eigenvalue weighted by Crippen LogP contribution is 2.23. The first kappa shape index (κ1) is 14.9. The van der Waals surface area contributed by atoms with Crippen LogP contribution in [0.3, 0.4) is 0 Å². The Morgan fingerprint density at radius 3 is 2.90 bits per heavy atom. The summed E-state index contributed by atoms with van der Waals surface area (Å²) in [6, 6.07) is 4.65. The molecule has 8 nitrogen and oxygen atoms in total. The quantitative estimate of drug-likeness (QED) is 0.611. The molecule has 0 saturated carbocycles. The number of hydrogen-bond acceptors (Lipinski definition) is 6. The van der Waals surface area contributed by atoms with Crippen molar-refractivity contribution in [3.05, 3.63) is 45.8 Å². The minimum atomic E-state index is -0.441. The lowest BCUT2D eigenvalue weighted by Crippen LogP contribution is -2.11. The fourth-order valence-corrected chi connectivity index (χ4v) is 1.89. The molecule has 0 aliphatic heterocycles. The van der Waals surface area contributed by atoms with Gasteiger partial charge in [-0.2, -0.15) is 0 Å². The summed E-state index contributed by atoms with van der Waals surface area (Å²) in [5.41, 5.74) is 1.56. The Balaban J connectivity index is 2.16. The van der Waals surface area contributed by atoms with Crippen LogP contribution in [0.1, 0.15) is 18.2 Å². The second kappa shape index (κ2) is 6.80. The summed E-state index contributed by atoms with van der Waals surface area (Å²) < 4.78 is 6.73. The Morgan fingerprint density at radius 2 is 2.24 bits per heavy atom. The highest BCUT2D eigenvalue weighted by atomic mass is 16.6. The van der Waals surface area contributed by atoms with E-state index in [1.165, 1.54) is 19.2 Å². The number of aromatic nitrogens is 3. The molecule has 0 unspecified atom stereocenters. The molecule has 0 spiro atoms. The van der Waals surface area contributed by atoms with E-state index in [2.05, 4.69) is 15.6 Å². The number of nitrogens with one attached hydrogen (secondary N) is 1. The molecular formula is C13H17N5O3. The van der Waals surface area contributed by atoms with Crippen molar-refractivity contribution in [2.24, 2.45) is 0 Å². The van der Waals surface area contributed by atoms with Crippen LogP contribution in [0.4, 0.5) is 5.69 Å². The van der Waals surface area contributed by atoms with Crippen molar-refractivity contribution in [2.45, 2.75) is 20.0 Å². The normalized spacial score (nSPS) is 10.6. The third kappa shape index (κ3) is 3.99. The van der Waals surface area contributed by atoms with Crippen LogP contribution in [0.15, 0.2) is 24.4 Å². The van der Waals surface area contributed by atoms with E-state index in [1.54, 1.807) is 10.7 Å². The van der Waals surface area contributed by atoms with Gasteiger partial charge in [0.25, 0.3) is 5.69 Å². The van der Waals surface area contributed by atoms with Crippen molar-refractivity contribution in [3.63, 3.8) is 0 Å². The van der Waals surface area contributed by atoms with Crippen LogP contribution in [-0.4, -0.2) is 33.6 Å². The molecule has 0 saturated heterocycles. The monoisotopic (exact) mass is 291 g/mol. The van der Waals surface area contributed by atoms with E-state index in [0.717, 1.165) is 17.8 Å². The number of methoxy groups -OCH3 is 1. The van der Waals surface area contributed by atoms with E-state index in [9.17, 15) is 10.1 Å². The van der Waals surface area contributed by atoms with Gasteiger partial charge in [0.05, 0.1) is 36.5 Å². The van der Waals surface area contributed by atoms with Crippen LogP contribution >= 0.6 is 0 Å². The molecule has 2 rings (SSSR count). The van der Waals surface area contributed by atoms with Gasteiger partial charge in [0, 0.05) is 12.6 Å². The molecule has 0 amide bonds. The van der Waals surface area contributed by atoms with Crippen molar-refractivity contribution < 1.29 is 9.66 Å². The maximum absolute atomic E-state index is 10.9. The Bertz CT molecular complexity index is 626. The van der Waals surface area contributed by atoms with Crippen LogP contribution in [0, 0.1) is 10.1 Å². The standard InChI is InChI=1S/C13H17N5O3/c1-3-14-7-11-9-17(16-15-11)8-10-4-12(18(19)20)6-13(5-10)21-2/h4-6,9,14H,3,7-8H2,1-2H3. The van der Waals surface area contributed by atoms with Gasteiger partial charge in [0.1, 0.15) is 5.75 Å². The SMILES string of the molecule is CCNCc1cn(Cc2cc(OC)cc([N+](=O)[O-])c2)nn1. The fraction of sp³-hybridized carbons (Fsp3) is 0.385. The van der Waals surface area contributed by atoms with E-state index >= 15 is 0 Å². The summed E-state index contributed by atoms with van der Waals surface area (Å²) in [5.74, 6) is 0.451. The molecule has 0 bridgehead atoms. The Kier molecular flexibility index (Phi) is 4.83. The number of hydrogen-bond donors (Lipinski definition) is 1. The van der Waals surface area contributed by atoms with Crippen molar-refractivity contribution in [1.29, 1.82) is 0 Å². The molecule has 0 fully saturated rings. The lowest BCUT2D eigenvalue weighted by Gasteiger charge is -2.05. The number of nitro groups is 1. The van der Waals surface area contributed by atoms with Crippen molar-refractivity contribution >= 4 is 5.69 Å². The van der Waals surface area contributed by atoms with Crippen LogP contribution in [-0.2, 0) is 13.1 Å². The smallest absolute Gasteiger partial charge is 0.273 e. The number of rotatable bonds is 7. The van der Waals surface area contributed by atoms with Gasteiger partial charge in [-0.25, -0.2) is 4.68 Å². The van der Waals surface area contributed by atoms with E-state index in [-0.39, 0.29) is 5.69 Å². The Morgan fingerprint density at radius 1 is 1.43 bits per heavy atom.